The van der Waals surface area contributed by atoms with Crippen molar-refractivity contribution in [1.29, 1.82) is 0 Å². The number of nitro benzene ring substituents is 1. The Morgan fingerprint density at radius 1 is 1.37 bits per heavy atom. The van der Waals surface area contributed by atoms with Crippen LogP contribution in [0.4, 0.5) is 5.69 Å². The second kappa shape index (κ2) is 5.30. The molecular formula is C13H21NO4Si. The van der Waals surface area contributed by atoms with Gasteiger partial charge >= 0.3 is 0 Å². The summed E-state index contributed by atoms with van der Waals surface area (Å²) >= 11 is 0. The highest BCUT2D eigenvalue weighted by Crippen LogP contribution is 2.39. The predicted octanol–water partition coefficient (Wildman–Crippen LogP) is 3.47. The minimum absolute atomic E-state index is 0.00958. The van der Waals surface area contributed by atoms with Crippen LogP contribution in [0.2, 0.25) is 18.1 Å². The van der Waals surface area contributed by atoms with E-state index in [0.717, 1.165) is 0 Å². The average molecular weight is 283 g/mol. The molecule has 0 aliphatic rings. The number of nitrogens with zero attached hydrogens (tertiary/aromatic N) is 1. The first-order chi connectivity index (χ1) is 8.58. The number of non-ortho nitro benzene ring substituents is 1. The Kier molecular flexibility index (Phi) is 4.37. The fourth-order valence-corrected chi connectivity index (χ4v) is 2.36. The van der Waals surface area contributed by atoms with Crippen LogP contribution in [0, 0.1) is 10.1 Å². The maximum Gasteiger partial charge on any atom is 0.273 e. The monoisotopic (exact) mass is 283 g/mol. The lowest BCUT2D eigenvalue weighted by atomic mass is 10.2. The third-order valence-electron chi connectivity index (χ3n) is 3.60. The van der Waals surface area contributed by atoms with E-state index in [-0.39, 0.29) is 17.3 Å². The Morgan fingerprint density at radius 2 is 1.95 bits per heavy atom. The summed E-state index contributed by atoms with van der Waals surface area (Å²) in [6, 6.07) is 4.32. The first-order valence-corrected chi connectivity index (χ1v) is 9.06. The van der Waals surface area contributed by atoms with E-state index in [9.17, 15) is 15.2 Å². The number of nitro groups is 1. The highest BCUT2D eigenvalue weighted by atomic mass is 28.4. The van der Waals surface area contributed by atoms with Crippen molar-refractivity contribution in [2.24, 2.45) is 0 Å². The van der Waals surface area contributed by atoms with E-state index in [1.165, 1.54) is 12.1 Å². The molecule has 0 amide bonds. The molecular weight excluding hydrogens is 262 g/mol. The molecule has 5 nitrogen and oxygen atoms in total. The minimum Gasteiger partial charge on any atom is -0.543 e. The standard InChI is InChI=1S/C13H21NO4Si/c1-13(2,3)19(4,5)18-12-8-11(14(16)17)7-6-10(12)9-15/h6-8,15H,9H2,1-5H3. The summed E-state index contributed by atoms with van der Waals surface area (Å²) in [4.78, 5) is 10.4. The largest absolute Gasteiger partial charge is 0.543 e. The van der Waals surface area contributed by atoms with E-state index < -0.39 is 13.2 Å². The molecule has 19 heavy (non-hydrogen) atoms. The summed E-state index contributed by atoms with van der Waals surface area (Å²) in [5.41, 5.74) is 0.557. The molecule has 106 valence electrons. The number of benzene rings is 1. The van der Waals surface area contributed by atoms with Crippen LogP contribution in [0.3, 0.4) is 0 Å². The first-order valence-electron chi connectivity index (χ1n) is 6.15. The highest BCUT2D eigenvalue weighted by Gasteiger charge is 2.39. The van der Waals surface area contributed by atoms with Gasteiger partial charge in [0.15, 0.2) is 0 Å². The van der Waals surface area contributed by atoms with Gasteiger partial charge < -0.3 is 9.53 Å². The second-order valence-corrected chi connectivity index (χ2v) is 10.8. The molecule has 0 saturated heterocycles. The van der Waals surface area contributed by atoms with Gasteiger partial charge in [-0.1, -0.05) is 20.8 Å². The van der Waals surface area contributed by atoms with Gasteiger partial charge in [-0.15, -0.1) is 0 Å². The van der Waals surface area contributed by atoms with Crippen LogP contribution in [0.25, 0.3) is 0 Å². The van der Waals surface area contributed by atoms with Gasteiger partial charge in [0.2, 0.25) is 8.32 Å². The van der Waals surface area contributed by atoms with Crippen molar-refractivity contribution in [2.75, 3.05) is 0 Å². The molecule has 0 aliphatic carbocycles. The van der Waals surface area contributed by atoms with Crippen LogP contribution in [0.1, 0.15) is 26.3 Å². The molecule has 1 aromatic rings. The first kappa shape index (κ1) is 15.7. The average Bonchev–Trinajstić information content (AvgIpc) is 2.26. The van der Waals surface area contributed by atoms with E-state index in [1.807, 2.05) is 0 Å². The topological polar surface area (TPSA) is 72.6 Å². The molecule has 0 heterocycles. The Labute approximate surface area is 114 Å². The van der Waals surface area contributed by atoms with Crippen LogP contribution in [-0.2, 0) is 6.61 Å². The molecule has 0 radical (unpaired) electrons. The Morgan fingerprint density at radius 3 is 2.37 bits per heavy atom. The number of hydrogen-bond acceptors (Lipinski definition) is 4. The summed E-state index contributed by atoms with van der Waals surface area (Å²) in [5, 5.41) is 20.1. The van der Waals surface area contributed by atoms with Gasteiger partial charge in [0.05, 0.1) is 17.6 Å². The molecule has 0 saturated carbocycles. The zero-order valence-corrected chi connectivity index (χ0v) is 13.1. The summed E-state index contributed by atoms with van der Waals surface area (Å²) in [6.45, 7) is 10.2. The number of aliphatic hydroxyl groups is 1. The number of aliphatic hydroxyl groups excluding tert-OH is 1. The van der Waals surface area contributed by atoms with E-state index in [0.29, 0.717) is 11.3 Å². The molecule has 1 aromatic carbocycles. The Hall–Kier alpha value is -1.40. The molecule has 0 bridgehead atoms. The van der Waals surface area contributed by atoms with Crippen LogP contribution in [0.15, 0.2) is 18.2 Å². The maximum atomic E-state index is 10.8. The van der Waals surface area contributed by atoms with Crippen molar-refractivity contribution >= 4 is 14.0 Å². The SMILES string of the molecule is CC(C)(C)[Si](C)(C)Oc1cc([N+](=O)[O-])ccc1CO. The molecule has 0 unspecified atom stereocenters. The molecule has 0 aliphatic heterocycles. The van der Waals surface area contributed by atoms with Gasteiger partial charge in [-0.2, -0.15) is 0 Å². The third kappa shape index (κ3) is 3.54. The van der Waals surface area contributed by atoms with Crippen LogP contribution < -0.4 is 4.43 Å². The maximum absolute atomic E-state index is 10.8. The van der Waals surface area contributed by atoms with Crippen molar-refractivity contribution in [3.63, 3.8) is 0 Å². The predicted molar refractivity (Wildman–Crippen MR) is 76.8 cm³/mol. The van der Waals surface area contributed by atoms with Crippen LogP contribution in [0.5, 0.6) is 5.75 Å². The van der Waals surface area contributed by atoms with Gasteiger partial charge in [-0.25, -0.2) is 0 Å². The zero-order valence-electron chi connectivity index (χ0n) is 12.1. The van der Waals surface area contributed by atoms with Crippen molar-refractivity contribution < 1.29 is 14.5 Å². The van der Waals surface area contributed by atoms with Gasteiger partial charge in [0, 0.05) is 11.6 Å². The second-order valence-electron chi connectivity index (χ2n) is 6.07. The van der Waals surface area contributed by atoms with E-state index in [2.05, 4.69) is 33.9 Å². The summed E-state index contributed by atoms with van der Waals surface area (Å²) in [5.74, 6) is 0.420. The quantitative estimate of drug-likeness (QED) is 0.521. The normalized spacial score (nSPS) is 12.3. The fourth-order valence-electron chi connectivity index (χ4n) is 1.31. The lowest BCUT2D eigenvalue weighted by Gasteiger charge is -2.36. The lowest BCUT2D eigenvalue weighted by Crippen LogP contribution is -2.44. The van der Waals surface area contributed by atoms with Gasteiger partial charge in [0.25, 0.3) is 5.69 Å². The summed E-state index contributed by atoms with van der Waals surface area (Å²) in [6.07, 6.45) is 0. The molecule has 1 N–H and O–H groups in total. The van der Waals surface area contributed by atoms with E-state index in [1.54, 1.807) is 6.07 Å². The molecule has 0 atom stereocenters. The number of rotatable bonds is 4. The van der Waals surface area contributed by atoms with Crippen molar-refractivity contribution in [2.45, 2.75) is 45.5 Å². The molecule has 6 heteroatoms. The fraction of sp³-hybridized carbons (Fsp3) is 0.538. The van der Waals surface area contributed by atoms with Crippen molar-refractivity contribution in [1.82, 2.24) is 0 Å². The number of hydrogen-bond donors (Lipinski definition) is 1. The molecule has 0 spiro atoms. The highest BCUT2D eigenvalue weighted by molar-refractivity contribution is 6.74. The smallest absolute Gasteiger partial charge is 0.273 e. The Balaban J connectivity index is 3.18. The van der Waals surface area contributed by atoms with Gasteiger partial charge in [0.1, 0.15) is 5.75 Å². The molecule has 1 rings (SSSR count). The minimum atomic E-state index is -2.08. The van der Waals surface area contributed by atoms with Crippen molar-refractivity contribution in [3.8, 4) is 5.75 Å². The molecule has 0 aromatic heterocycles. The summed E-state index contributed by atoms with van der Waals surface area (Å²) in [7, 11) is -2.08. The van der Waals surface area contributed by atoms with Crippen molar-refractivity contribution in [3.05, 3.63) is 33.9 Å². The van der Waals surface area contributed by atoms with E-state index >= 15 is 0 Å². The Bertz CT molecular complexity index is 480. The molecule has 0 fully saturated rings. The van der Waals surface area contributed by atoms with Gasteiger partial charge in [-0.05, 0) is 24.2 Å². The third-order valence-corrected chi connectivity index (χ3v) is 7.95. The lowest BCUT2D eigenvalue weighted by molar-refractivity contribution is -0.384. The van der Waals surface area contributed by atoms with Crippen LogP contribution >= 0.6 is 0 Å². The van der Waals surface area contributed by atoms with Crippen LogP contribution in [-0.4, -0.2) is 18.3 Å². The van der Waals surface area contributed by atoms with E-state index in [4.69, 9.17) is 4.43 Å². The van der Waals surface area contributed by atoms with Gasteiger partial charge in [-0.3, -0.25) is 10.1 Å². The summed E-state index contributed by atoms with van der Waals surface area (Å²) < 4.78 is 6.05. The zero-order chi connectivity index (χ0) is 14.8.